The minimum absolute atomic E-state index is 0.0792. The van der Waals surface area contributed by atoms with Crippen molar-refractivity contribution >= 4 is 5.97 Å². The van der Waals surface area contributed by atoms with E-state index in [1.807, 2.05) is 6.92 Å². The summed E-state index contributed by atoms with van der Waals surface area (Å²) in [6, 6.07) is 0. The van der Waals surface area contributed by atoms with Crippen LogP contribution in [0.3, 0.4) is 0 Å². The molecule has 78 valence electrons. The van der Waals surface area contributed by atoms with Crippen LogP contribution in [0.1, 0.15) is 40.5 Å². The van der Waals surface area contributed by atoms with Crippen molar-refractivity contribution in [1.82, 2.24) is 0 Å². The minimum Gasteiger partial charge on any atom is -0.454 e. The molecule has 0 N–H and O–H groups in total. The molecule has 0 radical (unpaired) electrons. The molecule has 0 aromatic carbocycles. The van der Waals surface area contributed by atoms with E-state index in [4.69, 9.17) is 4.74 Å². The molecule has 1 heterocycles. The van der Waals surface area contributed by atoms with E-state index in [0.29, 0.717) is 11.3 Å². The molecule has 1 saturated carbocycles. The molecule has 2 heteroatoms. The van der Waals surface area contributed by atoms with Gasteiger partial charge >= 0.3 is 5.97 Å². The van der Waals surface area contributed by atoms with Gasteiger partial charge in [0.2, 0.25) is 0 Å². The highest BCUT2D eigenvalue weighted by Gasteiger charge is 2.43. The lowest BCUT2D eigenvalue weighted by molar-refractivity contribution is -0.142. The molecule has 14 heavy (non-hydrogen) atoms. The largest absolute Gasteiger partial charge is 0.454 e. The first kappa shape index (κ1) is 9.75. The summed E-state index contributed by atoms with van der Waals surface area (Å²) in [5.74, 6) is 0.365. The monoisotopic (exact) mass is 194 g/mol. The zero-order valence-corrected chi connectivity index (χ0v) is 9.39. The van der Waals surface area contributed by atoms with Gasteiger partial charge in [0.1, 0.15) is 6.10 Å². The zero-order chi connectivity index (χ0) is 10.5. The van der Waals surface area contributed by atoms with Gasteiger partial charge in [0.05, 0.1) is 0 Å². The summed E-state index contributed by atoms with van der Waals surface area (Å²) in [7, 11) is 0. The van der Waals surface area contributed by atoms with Crippen molar-refractivity contribution in [2.75, 3.05) is 0 Å². The fourth-order valence-corrected chi connectivity index (χ4v) is 2.88. The third kappa shape index (κ3) is 1.37. The smallest absolute Gasteiger partial charge is 0.334 e. The Balaban J connectivity index is 2.35. The minimum atomic E-state index is -0.102. The molecule has 1 aliphatic heterocycles. The van der Waals surface area contributed by atoms with Gasteiger partial charge in [-0.05, 0) is 36.7 Å². The maximum Gasteiger partial charge on any atom is 0.334 e. The van der Waals surface area contributed by atoms with Crippen molar-refractivity contribution < 1.29 is 9.53 Å². The number of hydrogen-bond donors (Lipinski definition) is 0. The Morgan fingerprint density at radius 3 is 2.71 bits per heavy atom. The first-order valence-electron chi connectivity index (χ1n) is 5.31. The summed E-state index contributed by atoms with van der Waals surface area (Å²) in [6.45, 7) is 8.61. The van der Waals surface area contributed by atoms with Crippen LogP contribution in [0.4, 0.5) is 0 Å². The fourth-order valence-electron chi connectivity index (χ4n) is 2.88. The number of rotatable bonds is 0. The Labute approximate surface area is 85.3 Å². The average Bonchev–Trinajstić information content (AvgIpc) is 2.30. The van der Waals surface area contributed by atoms with Crippen molar-refractivity contribution in [2.45, 2.75) is 46.6 Å². The molecule has 0 aromatic rings. The van der Waals surface area contributed by atoms with Crippen LogP contribution < -0.4 is 0 Å². The van der Waals surface area contributed by atoms with Gasteiger partial charge in [-0.25, -0.2) is 4.79 Å². The Hall–Kier alpha value is -0.790. The molecular weight excluding hydrogens is 176 g/mol. The van der Waals surface area contributed by atoms with E-state index in [9.17, 15) is 4.79 Å². The van der Waals surface area contributed by atoms with E-state index in [-0.39, 0.29) is 12.1 Å². The Kier molecular flexibility index (Phi) is 1.98. The summed E-state index contributed by atoms with van der Waals surface area (Å²) >= 11 is 0. The molecule has 0 spiro atoms. The van der Waals surface area contributed by atoms with E-state index in [1.165, 1.54) is 5.57 Å². The van der Waals surface area contributed by atoms with Crippen LogP contribution >= 0.6 is 0 Å². The Morgan fingerprint density at radius 1 is 1.43 bits per heavy atom. The van der Waals surface area contributed by atoms with Crippen molar-refractivity contribution in [1.29, 1.82) is 0 Å². The number of hydrogen-bond acceptors (Lipinski definition) is 2. The van der Waals surface area contributed by atoms with E-state index >= 15 is 0 Å². The first-order chi connectivity index (χ1) is 6.41. The SMILES string of the molecule is CC1=C2CC(C)(C)C[C@@H](C)[C@H]2OC1=O. The second-order valence-electron chi connectivity index (χ2n) is 5.50. The standard InChI is InChI=1S/C12H18O2/c1-7-5-12(3,4)6-9-8(2)11(13)14-10(7)9/h7,10H,5-6H2,1-4H3/t7-,10-/m1/s1. The average molecular weight is 194 g/mol. The van der Waals surface area contributed by atoms with E-state index < -0.39 is 0 Å². The second kappa shape index (κ2) is 2.85. The highest BCUT2D eigenvalue weighted by Crippen LogP contribution is 2.46. The summed E-state index contributed by atoms with van der Waals surface area (Å²) in [4.78, 5) is 11.4. The lowest BCUT2D eigenvalue weighted by Crippen LogP contribution is -2.33. The zero-order valence-electron chi connectivity index (χ0n) is 9.39. The summed E-state index contributed by atoms with van der Waals surface area (Å²) < 4.78 is 5.37. The lowest BCUT2D eigenvalue weighted by atomic mass is 9.69. The van der Waals surface area contributed by atoms with Gasteiger partial charge in [0.15, 0.2) is 0 Å². The predicted molar refractivity (Wildman–Crippen MR) is 54.8 cm³/mol. The molecule has 0 aromatic heterocycles. The third-order valence-corrected chi connectivity index (χ3v) is 3.43. The van der Waals surface area contributed by atoms with Crippen LogP contribution in [0, 0.1) is 11.3 Å². The van der Waals surface area contributed by atoms with Gasteiger partial charge < -0.3 is 4.74 Å². The third-order valence-electron chi connectivity index (χ3n) is 3.43. The van der Waals surface area contributed by atoms with Crippen molar-refractivity contribution in [2.24, 2.45) is 11.3 Å². The van der Waals surface area contributed by atoms with Crippen LogP contribution in [0.25, 0.3) is 0 Å². The molecule has 2 atom stereocenters. The highest BCUT2D eigenvalue weighted by atomic mass is 16.5. The van der Waals surface area contributed by atoms with Gasteiger partial charge in [-0.3, -0.25) is 0 Å². The second-order valence-corrected chi connectivity index (χ2v) is 5.50. The normalized spacial score (nSPS) is 35.6. The lowest BCUT2D eigenvalue weighted by Gasteiger charge is -2.38. The van der Waals surface area contributed by atoms with Crippen LogP contribution in [0.2, 0.25) is 0 Å². The van der Waals surface area contributed by atoms with Crippen LogP contribution in [-0.4, -0.2) is 12.1 Å². The summed E-state index contributed by atoms with van der Waals surface area (Å²) in [5.41, 5.74) is 2.42. The van der Waals surface area contributed by atoms with E-state index in [0.717, 1.165) is 18.4 Å². The number of fused-ring (bicyclic) bond motifs is 1. The molecule has 1 fully saturated rings. The van der Waals surface area contributed by atoms with Crippen LogP contribution in [0.5, 0.6) is 0 Å². The molecule has 0 amide bonds. The van der Waals surface area contributed by atoms with E-state index in [2.05, 4.69) is 20.8 Å². The fraction of sp³-hybridized carbons (Fsp3) is 0.750. The van der Waals surface area contributed by atoms with Gasteiger partial charge in [-0.15, -0.1) is 0 Å². The van der Waals surface area contributed by atoms with Gasteiger partial charge in [0, 0.05) is 5.57 Å². The van der Waals surface area contributed by atoms with Crippen molar-refractivity contribution in [3.05, 3.63) is 11.1 Å². The number of carbonyl (C=O) groups excluding carboxylic acids is 1. The van der Waals surface area contributed by atoms with Crippen molar-refractivity contribution in [3.8, 4) is 0 Å². The maximum absolute atomic E-state index is 11.4. The number of ether oxygens (including phenoxy) is 1. The first-order valence-corrected chi connectivity index (χ1v) is 5.31. The topological polar surface area (TPSA) is 26.3 Å². The molecule has 1 aliphatic carbocycles. The molecule has 0 saturated heterocycles. The Morgan fingerprint density at radius 2 is 2.07 bits per heavy atom. The Bertz CT molecular complexity index is 312. The molecule has 2 rings (SSSR count). The van der Waals surface area contributed by atoms with Crippen molar-refractivity contribution in [3.63, 3.8) is 0 Å². The summed E-state index contributed by atoms with van der Waals surface area (Å²) in [6.07, 6.45) is 2.23. The van der Waals surface area contributed by atoms with Gasteiger partial charge in [0.25, 0.3) is 0 Å². The van der Waals surface area contributed by atoms with Crippen LogP contribution in [-0.2, 0) is 9.53 Å². The highest BCUT2D eigenvalue weighted by molar-refractivity contribution is 5.91. The quantitative estimate of drug-likeness (QED) is 0.554. The molecule has 0 bridgehead atoms. The number of esters is 1. The summed E-state index contributed by atoms with van der Waals surface area (Å²) in [5, 5.41) is 0. The number of carbonyl (C=O) groups is 1. The van der Waals surface area contributed by atoms with Gasteiger partial charge in [-0.1, -0.05) is 20.8 Å². The maximum atomic E-state index is 11.4. The van der Waals surface area contributed by atoms with Crippen LogP contribution in [0.15, 0.2) is 11.1 Å². The predicted octanol–water partition coefficient (Wildman–Crippen LogP) is 2.68. The van der Waals surface area contributed by atoms with E-state index in [1.54, 1.807) is 0 Å². The molecular formula is C12H18O2. The molecule has 2 nitrogen and oxygen atoms in total. The molecule has 2 aliphatic rings. The van der Waals surface area contributed by atoms with Gasteiger partial charge in [-0.2, -0.15) is 0 Å². The molecule has 0 unspecified atom stereocenters.